The quantitative estimate of drug-likeness (QED) is 0.879. The molecule has 6 heteroatoms. The van der Waals surface area contributed by atoms with E-state index < -0.39 is 0 Å². The number of nitrogens with zero attached hydrogens (tertiary/aromatic N) is 2. The largest absolute Gasteiger partial charge is 0.437 e. The predicted octanol–water partition coefficient (Wildman–Crippen LogP) is 3.60. The molecule has 6 nitrogen and oxygen atoms in total. The van der Waals surface area contributed by atoms with Gasteiger partial charge in [0.1, 0.15) is 11.4 Å². The summed E-state index contributed by atoms with van der Waals surface area (Å²) >= 11 is 0. The van der Waals surface area contributed by atoms with Crippen LogP contribution in [0.2, 0.25) is 0 Å². The van der Waals surface area contributed by atoms with Gasteiger partial charge < -0.3 is 15.0 Å². The second-order valence-corrected chi connectivity index (χ2v) is 7.15. The van der Waals surface area contributed by atoms with Gasteiger partial charge >= 0.3 is 0 Å². The van der Waals surface area contributed by atoms with Gasteiger partial charge in [-0.3, -0.25) is 9.59 Å². The van der Waals surface area contributed by atoms with Crippen molar-refractivity contribution in [2.24, 2.45) is 5.92 Å². The highest BCUT2D eigenvalue weighted by Gasteiger charge is 2.38. The van der Waals surface area contributed by atoms with Crippen molar-refractivity contribution in [1.82, 2.24) is 9.88 Å². The molecule has 1 N–H and O–H groups in total. The van der Waals surface area contributed by atoms with Crippen molar-refractivity contribution in [2.75, 3.05) is 11.9 Å². The van der Waals surface area contributed by atoms with Gasteiger partial charge in [-0.05, 0) is 37.1 Å². The summed E-state index contributed by atoms with van der Waals surface area (Å²) in [6.07, 6.45) is 6.34. The highest BCUT2D eigenvalue weighted by Crippen LogP contribution is 2.31. The molecule has 1 aromatic carbocycles. The summed E-state index contributed by atoms with van der Waals surface area (Å²) in [6, 6.07) is 13.1. The summed E-state index contributed by atoms with van der Waals surface area (Å²) in [5, 5.41) is 2.90. The Labute approximate surface area is 158 Å². The summed E-state index contributed by atoms with van der Waals surface area (Å²) in [7, 11) is 0. The molecule has 2 heterocycles. The fourth-order valence-corrected chi connectivity index (χ4v) is 3.88. The molecule has 1 saturated heterocycles. The van der Waals surface area contributed by atoms with E-state index in [4.69, 9.17) is 4.74 Å². The van der Waals surface area contributed by atoms with Crippen molar-refractivity contribution in [1.29, 1.82) is 0 Å². The van der Waals surface area contributed by atoms with Gasteiger partial charge in [0, 0.05) is 25.2 Å². The Morgan fingerprint density at radius 2 is 1.89 bits per heavy atom. The minimum Gasteiger partial charge on any atom is -0.437 e. The first-order valence-corrected chi connectivity index (χ1v) is 9.49. The molecule has 1 aliphatic carbocycles. The van der Waals surface area contributed by atoms with Crippen LogP contribution in [0.3, 0.4) is 0 Å². The molecule has 1 atom stereocenters. The maximum atomic E-state index is 12.8. The monoisotopic (exact) mass is 365 g/mol. The normalized spacial score (nSPS) is 20.1. The molecule has 2 amide bonds. The first-order chi connectivity index (χ1) is 13.2. The molecule has 0 spiro atoms. The number of ether oxygens (including phenoxy) is 1. The summed E-state index contributed by atoms with van der Waals surface area (Å²) in [5.74, 6) is 0.593. The van der Waals surface area contributed by atoms with Gasteiger partial charge in [-0.2, -0.15) is 0 Å². The maximum absolute atomic E-state index is 12.8. The third-order valence-corrected chi connectivity index (χ3v) is 5.28. The highest BCUT2D eigenvalue weighted by atomic mass is 16.5. The highest BCUT2D eigenvalue weighted by molar-refractivity contribution is 5.98. The van der Waals surface area contributed by atoms with E-state index in [2.05, 4.69) is 10.3 Å². The molecule has 0 bridgehead atoms. The lowest BCUT2D eigenvalue weighted by Gasteiger charge is -2.23. The zero-order valence-corrected chi connectivity index (χ0v) is 15.1. The number of carbonyl (C=O) groups is 2. The molecule has 2 aliphatic rings. The summed E-state index contributed by atoms with van der Waals surface area (Å²) in [4.78, 5) is 31.2. The number of para-hydroxylation sites is 1. The fourth-order valence-electron chi connectivity index (χ4n) is 3.88. The van der Waals surface area contributed by atoms with Crippen LogP contribution in [0.1, 0.15) is 32.1 Å². The average Bonchev–Trinajstić information content (AvgIpc) is 3.33. The van der Waals surface area contributed by atoms with Crippen LogP contribution in [0, 0.1) is 5.92 Å². The van der Waals surface area contributed by atoms with E-state index in [9.17, 15) is 9.59 Å². The standard InChI is InChI=1S/C21H23N3O3/c25-19-13-15(14-24(19)16-7-4-5-8-16)20(26)23-18-11-6-12-22-21(18)27-17-9-2-1-3-10-17/h1-3,6,9-12,15-16H,4-5,7-8,13-14H2,(H,23,26). The van der Waals surface area contributed by atoms with Crippen LogP contribution < -0.4 is 10.1 Å². The lowest BCUT2D eigenvalue weighted by molar-refractivity contribution is -0.129. The smallest absolute Gasteiger partial charge is 0.243 e. The number of hydrogen-bond acceptors (Lipinski definition) is 4. The molecule has 4 rings (SSSR count). The molecular weight excluding hydrogens is 342 g/mol. The number of amides is 2. The molecule has 1 saturated carbocycles. The van der Waals surface area contributed by atoms with Crippen LogP contribution in [0.4, 0.5) is 5.69 Å². The van der Waals surface area contributed by atoms with E-state index >= 15 is 0 Å². The Kier molecular flexibility index (Phi) is 5.05. The number of rotatable bonds is 5. The van der Waals surface area contributed by atoms with E-state index in [1.165, 1.54) is 12.8 Å². The van der Waals surface area contributed by atoms with Crippen molar-refractivity contribution in [3.8, 4) is 11.6 Å². The van der Waals surface area contributed by atoms with E-state index in [1.54, 1.807) is 18.3 Å². The molecule has 1 unspecified atom stereocenters. The summed E-state index contributed by atoms with van der Waals surface area (Å²) in [6.45, 7) is 0.504. The fraction of sp³-hybridized carbons (Fsp3) is 0.381. The summed E-state index contributed by atoms with van der Waals surface area (Å²) in [5.41, 5.74) is 0.512. The van der Waals surface area contributed by atoms with Gasteiger partial charge in [0.05, 0.1) is 5.92 Å². The van der Waals surface area contributed by atoms with Gasteiger partial charge in [0.15, 0.2) is 0 Å². The first-order valence-electron chi connectivity index (χ1n) is 9.49. The third kappa shape index (κ3) is 3.94. The van der Waals surface area contributed by atoms with Crippen LogP contribution in [-0.2, 0) is 9.59 Å². The van der Waals surface area contributed by atoms with E-state index in [0.29, 0.717) is 29.9 Å². The Morgan fingerprint density at radius 1 is 1.11 bits per heavy atom. The minimum absolute atomic E-state index is 0.0917. The first kappa shape index (κ1) is 17.5. The van der Waals surface area contributed by atoms with Gasteiger partial charge in [0.25, 0.3) is 0 Å². The molecule has 1 aromatic heterocycles. The van der Waals surface area contributed by atoms with E-state index in [1.807, 2.05) is 35.2 Å². The molecule has 1 aliphatic heterocycles. The number of anilines is 1. The molecule has 140 valence electrons. The predicted molar refractivity (Wildman–Crippen MR) is 101 cm³/mol. The zero-order chi connectivity index (χ0) is 18.6. The van der Waals surface area contributed by atoms with Crippen LogP contribution in [-0.4, -0.2) is 34.3 Å². The SMILES string of the molecule is O=C(Nc1cccnc1Oc1ccccc1)C1CC(=O)N(C2CCCC2)C1. The van der Waals surface area contributed by atoms with E-state index in [-0.39, 0.29) is 24.2 Å². The lowest BCUT2D eigenvalue weighted by atomic mass is 10.1. The zero-order valence-electron chi connectivity index (χ0n) is 15.1. The Balaban J connectivity index is 1.43. The summed E-state index contributed by atoms with van der Waals surface area (Å²) < 4.78 is 5.79. The second-order valence-electron chi connectivity index (χ2n) is 7.15. The van der Waals surface area contributed by atoms with Crippen molar-refractivity contribution in [3.63, 3.8) is 0 Å². The number of nitrogens with one attached hydrogen (secondary N) is 1. The van der Waals surface area contributed by atoms with Crippen LogP contribution in [0.25, 0.3) is 0 Å². The number of carbonyl (C=O) groups excluding carboxylic acids is 2. The van der Waals surface area contributed by atoms with Crippen LogP contribution >= 0.6 is 0 Å². The average molecular weight is 365 g/mol. The number of aromatic nitrogens is 1. The third-order valence-electron chi connectivity index (χ3n) is 5.28. The Hall–Kier alpha value is -2.89. The molecule has 0 radical (unpaired) electrons. The molecule has 27 heavy (non-hydrogen) atoms. The Morgan fingerprint density at radius 3 is 2.67 bits per heavy atom. The maximum Gasteiger partial charge on any atom is 0.243 e. The van der Waals surface area contributed by atoms with Crippen LogP contribution in [0.15, 0.2) is 48.7 Å². The van der Waals surface area contributed by atoms with E-state index in [0.717, 1.165) is 12.8 Å². The van der Waals surface area contributed by atoms with Gasteiger partial charge in [-0.1, -0.05) is 31.0 Å². The lowest BCUT2D eigenvalue weighted by Crippen LogP contribution is -2.35. The van der Waals surface area contributed by atoms with Gasteiger partial charge in [-0.15, -0.1) is 0 Å². The Bertz CT molecular complexity index is 818. The second kappa shape index (κ2) is 7.78. The number of benzene rings is 1. The molecular formula is C21H23N3O3. The van der Waals surface area contributed by atoms with Crippen LogP contribution in [0.5, 0.6) is 11.6 Å². The van der Waals surface area contributed by atoms with Gasteiger partial charge in [-0.25, -0.2) is 4.98 Å². The van der Waals surface area contributed by atoms with Gasteiger partial charge in [0.2, 0.25) is 17.7 Å². The van der Waals surface area contributed by atoms with Crippen molar-refractivity contribution < 1.29 is 14.3 Å². The molecule has 2 aromatic rings. The van der Waals surface area contributed by atoms with Crippen molar-refractivity contribution >= 4 is 17.5 Å². The van der Waals surface area contributed by atoms with Crippen molar-refractivity contribution in [3.05, 3.63) is 48.7 Å². The number of hydrogen-bond donors (Lipinski definition) is 1. The molecule has 2 fully saturated rings. The number of likely N-dealkylation sites (tertiary alicyclic amines) is 1. The van der Waals surface area contributed by atoms with Crippen molar-refractivity contribution in [2.45, 2.75) is 38.1 Å². The number of pyridine rings is 1. The topological polar surface area (TPSA) is 71.5 Å². The minimum atomic E-state index is -0.331.